The first-order chi connectivity index (χ1) is 7.25. The number of rotatable bonds is 6. The van der Waals surface area contributed by atoms with Gasteiger partial charge < -0.3 is 5.32 Å². The Balaban J connectivity index is 1.67. The highest BCUT2D eigenvalue weighted by atomic mass is 32.1. The Hall–Kier alpha value is -0.410. The highest BCUT2D eigenvalue weighted by Gasteiger charge is 2.19. The van der Waals surface area contributed by atoms with Crippen LogP contribution in [0, 0.1) is 5.92 Å². The lowest BCUT2D eigenvalue weighted by atomic mass is 10.2. The maximum Gasteiger partial charge on any atom is 0.107 e. The topological polar surface area (TPSA) is 24.9 Å². The molecule has 0 unspecified atom stereocenters. The lowest BCUT2D eigenvalue weighted by molar-refractivity contribution is 0.611. The molecule has 1 fully saturated rings. The largest absolute Gasteiger partial charge is 0.310 e. The predicted molar refractivity (Wildman–Crippen MR) is 65.3 cm³/mol. The Morgan fingerprint density at radius 2 is 2.33 bits per heavy atom. The zero-order valence-electron chi connectivity index (χ0n) is 9.62. The SMILES string of the molecule is CC(C)c1cnc(CNCCC2CC2)s1. The molecule has 0 saturated heterocycles. The highest BCUT2D eigenvalue weighted by Crippen LogP contribution is 2.31. The molecule has 1 aromatic rings. The Morgan fingerprint density at radius 3 is 2.93 bits per heavy atom. The number of hydrogen-bond donors (Lipinski definition) is 1. The second-order valence-electron chi connectivity index (χ2n) is 4.72. The van der Waals surface area contributed by atoms with Crippen LogP contribution in [0.4, 0.5) is 0 Å². The van der Waals surface area contributed by atoms with Crippen LogP contribution < -0.4 is 5.32 Å². The summed E-state index contributed by atoms with van der Waals surface area (Å²) in [5, 5.41) is 4.70. The van der Waals surface area contributed by atoms with Gasteiger partial charge in [-0.05, 0) is 24.8 Å². The van der Waals surface area contributed by atoms with E-state index in [-0.39, 0.29) is 0 Å². The molecule has 1 heterocycles. The summed E-state index contributed by atoms with van der Waals surface area (Å²) < 4.78 is 0. The minimum absolute atomic E-state index is 0.614. The Labute approximate surface area is 96.1 Å². The first kappa shape index (κ1) is 11.1. The summed E-state index contributed by atoms with van der Waals surface area (Å²) in [7, 11) is 0. The molecule has 84 valence electrons. The summed E-state index contributed by atoms with van der Waals surface area (Å²) in [5.74, 6) is 1.64. The first-order valence-corrected chi connectivity index (χ1v) is 6.72. The molecule has 2 nitrogen and oxygen atoms in total. The monoisotopic (exact) mass is 224 g/mol. The standard InChI is InChI=1S/C12H20N2S/c1-9(2)11-7-14-12(15-11)8-13-6-5-10-3-4-10/h7,9-10,13H,3-6,8H2,1-2H3. The summed E-state index contributed by atoms with van der Waals surface area (Å²) >= 11 is 1.84. The van der Waals surface area contributed by atoms with E-state index in [9.17, 15) is 0 Å². The molecule has 1 aliphatic carbocycles. The zero-order valence-corrected chi connectivity index (χ0v) is 10.4. The smallest absolute Gasteiger partial charge is 0.107 e. The van der Waals surface area contributed by atoms with Crippen LogP contribution in [0.5, 0.6) is 0 Å². The average Bonchev–Trinajstić information content (AvgIpc) is 2.90. The summed E-state index contributed by atoms with van der Waals surface area (Å²) in [6.07, 6.45) is 6.28. The van der Waals surface area contributed by atoms with Crippen molar-refractivity contribution in [2.45, 2.75) is 45.6 Å². The maximum absolute atomic E-state index is 4.43. The lowest BCUT2D eigenvalue weighted by Gasteiger charge is -2.00. The fraction of sp³-hybridized carbons (Fsp3) is 0.750. The molecular weight excluding hydrogens is 204 g/mol. The third-order valence-electron chi connectivity index (χ3n) is 2.84. The van der Waals surface area contributed by atoms with Gasteiger partial charge in [-0.1, -0.05) is 26.7 Å². The molecule has 0 aromatic carbocycles. The van der Waals surface area contributed by atoms with Crippen molar-refractivity contribution >= 4 is 11.3 Å². The van der Waals surface area contributed by atoms with Crippen molar-refractivity contribution in [2.24, 2.45) is 5.92 Å². The molecule has 0 atom stereocenters. The number of nitrogens with zero attached hydrogens (tertiary/aromatic N) is 1. The molecule has 0 bridgehead atoms. The Morgan fingerprint density at radius 1 is 1.53 bits per heavy atom. The molecule has 1 N–H and O–H groups in total. The van der Waals surface area contributed by atoms with E-state index >= 15 is 0 Å². The van der Waals surface area contributed by atoms with Gasteiger partial charge in [0.25, 0.3) is 0 Å². The van der Waals surface area contributed by atoms with E-state index in [0.717, 1.165) is 19.0 Å². The zero-order chi connectivity index (χ0) is 10.7. The molecule has 0 spiro atoms. The quantitative estimate of drug-likeness (QED) is 0.751. The molecule has 1 saturated carbocycles. The van der Waals surface area contributed by atoms with Crippen LogP contribution in [0.2, 0.25) is 0 Å². The highest BCUT2D eigenvalue weighted by molar-refractivity contribution is 7.11. The van der Waals surface area contributed by atoms with Gasteiger partial charge in [-0.15, -0.1) is 11.3 Å². The number of thiazole rings is 1. The molecule has 2 rings (SSSR count). The van der Waals surface area contributed by atoms with Crippen molar-refractivity contribution in [3.8, 4) is 0 Å². The summed E-state index contributed by atoms with van der Waals surface area (Å²) in [5.41, 5.74) is 0. The number of nitrogens with one attached hydrogen (secondary N) is 1. The van der Waals surface area contributed by atoms with E-state index in [1.165, 1.54) is 29.1 Å². The molecule has 0 aliphatic heterocycles. The van der Waals surface area contributed by atoms with Gasteiger partial charge in [0.1, 0.15) is 5.01 Å². The van der Waals surface area contributed by atoms with Crippen molar-refractivity contribution in [1.82, 2.24) is 10.3 Å². The van der Waals surface area contributed by atoms with Crippen LogP contribution in [-0.2, 0) is 6.54 Å². The van der Waals surface area contributed by atoms with Gasteiger partial charge in [0, 0.05) is 17.6 Å². The number of hydrogen-bond acceptors (Lipinski definition) is 3. The molecule has 1 aromatic heterocycles. The first-order valence-electron chi connectivity index (χ1n) is 5.91. The minimum Gasteiger partial charge on any atom is -0.310 e. The van der Waals surface area contributed by atoms with Gasteiger partial charge in [0.05, 0.1) is 0 Å². The minimum atomic E-state index is 0.614. The van der Waals surface area contributed by atoms with Crippen LogP contribution in [-0.4, -0.2) is 11.5 Å². The van der Waals surface area contributed by atoms with Crippen molar-refractivity contribution in [3.05, 3.63) is 16.1 Å². The number of aromatic nitrogens is 1. The van der Waals surface area contributed by atoms with Crippen molar-refractivity contribution in [2.75, 3.05) is 6.54 Å². The van der Waals surface area contributed by atoms with Gasteiger partial charge in [0.2, 0.25) is 0 Å². The van der Waals surface area contributed by atoms with Gasteiger partial charge in [0.15, 0.2) is 0 Å². The molecule has 0 radical (unpaired) electrons. The van der Waals surface area contributed by atoms with Crippen molar-refractivity contribution in [3.63, 3.8) is 0 Å². The fourth-order valence-electron chi connectivity index (χ4n) is 1.58. The summed E-state index contributed by atoms with van der Waals surface area (Å²) in [6, 6.07) is 0. The van der Waals surface area contributed by atoms with E-state index in [4.69, 9.17) is 0 Å². The van der Waals surface area contributed by atoms with Gasteiger partial charge in [-0.2, -0.15) is 0 Å². The van der Waals surface area contributed by atoms with E-state index < -0.39 is 0 Å². The van der Waals surface area contributed by atoms with Crippen LogP contribution in [0.3, 0.4) is 0 Å². The van der Waals surface area contributed by atoms with Crippen molar-refractivity contribution < 1.29 is 0 Å². The lowest BCUT2D eigenvalue weighted by Crippen LogP contribution is -2.14. The third kappa shape index (κ3) is 3.58. The fourth-order valence-corrected chi connectivity index (χ4v) is 2.47. The molecule has 1 aliphatic rings. The summed E-state index contributed by atoms with van der Waals surface area (Å²) in [6.45, 7) is 6.54. The van der Waals surface area contributed by atoms with Crippen LogP contribution in [0.1, 0.15) is 48.9 Å². The molecule has 0 amide bonds. The Kier molecular flexibility index (Phi) is 3.76. The normalized spacial score (nSPS) is 16.2. The van der Waals surface area contributed by atoms with Gasteiger partial charge >= 0.3 is 0 Å². The van der Waals surface area contributed by atoms with E-state index in [0.29, 0.717) is 5.92 Å². The summed E-state index contributed by atoms with van der Waals surface area (Å²) in [4.78, 5) is 5.82. The van der Waals surface area contributed by atoms with E-state index in [1.54, 1.807) is 0 Å². The molecule has 15 heavy (non-hydrogen) atoms. The predicted octanol–water partition coefficient (Wildman–Crippen LogP) is 3.16. The molecule has 3 heteroatoms. The van der Waals surface area contributed by atoms with Crippen LogP contribution in [0.25, 0.3) is 0 Å². The second-order valence-corrected chi connectivity index (χ2v) is 5.87. The van der Waals surface area contributed by atoms with Crippen LogP contribution >= 0.6 is 11.3 Å². The maximum atomic E-state index is 4.43. The van der Waals surface area contributed by atoms with Gasteiger partial charge in [-0.3, -0.25) is 0 Å². The second kappa shape index (κ2) is 5.08. The average molecular weight is 224 g/mol. The van der Waals surface area contributed by atoms with Crippen molar-refractivity contribution in [1.29, 1.82) is 0 Å². The third-order valence-corrected chi connectivity index (χ3v) is 4.14. The Bertz CT molecular complexity index is 302. The van der Waals surface area contributed by atoms with E-state index in [1.807, 2.05) is 17.5 Å². The van der Waals surface area contributed by atoms with Gasteiger partial charge in [-0.25, -0.2) is 4.98 Å². The molecular formula is C12H20N2S. The van der Waals surface area contributed by atoms with E-state index in [2.05, 4.69) is 24.1 Å². The van der Waals surface area contributed by atoms with Crippen LogP contribution in [0.15, 0.2) is 6.20 Å².